The van der Waals surface area contributed by atoms with E-state index in [1.165, 1.54) is 6.42 Å². The second-order valence-electron chi connectivity index (χ2n) is 4.97. The molecule has 0 bridgehead atoms. The molecule has 2 rings (SSSR count). The Labute approximate surface area is 115 Å². The van der Waals surface area contributed by atoms with E-state index in [2.05, 4.69) is 10.4 Å². The average Bonchev–Trinajstić information content (AvgIpc) is 2.40. The quantitative estimate of drug-likeness (QED) is 0.902. The number of hydrogen-bond acceptors (Lipinski definition) is 4. The summed E-state index contributed by atoms with van der Waals surface area (Å²) in [6, 6.07) is 7.19. The Hall–Kier alpha value is -1.07. The second kappa shape index (κ2) is 6.39. The van der Waals surface area contributed by atoms with Crippen LogP contribution in [-0.2, 0) is 9.84 Å². The van der Waals surface area contributed by atoms with Crippen molar-refractivity contribution < 1.29 is 8.42 Å². The molecule has 0 aromatic heterocycles. The molecule has 1 aliphatic heterocycles. The number of rotatable bonds is 5. The van der Waals surface area contributed by atoms with Crippen LogP contribution < -0.4 is 5.43 Å². The van der Waals surface area contributed by atoms with Crippen molar-refractivity contribution in [1.29, 1.82) is 0 Å². The molecule has 1 aromatic rings. The average molecular weight is 282 g/mol. The number of piperidine rings is 1. The normalized spacial score (nSPS) is 17.3. The van der Waals surface area contributed by atoms with Crippen LogP contribution in [0.15, 0.2) is 29.2 Å². The van der Waals surface area contributed by atoms with Gasteiger partial charge in [-0.1, -0.05) is 25.5 Å². The van der Waals surface area contributed by atoms with Crippen molar-refractivity contribution in [2.75, 3.05) is 24.3 Å². The molecule has 0 saturated carbocycles. The molecule has 4 nitrogen and oxygen atoms in total. The minimum Gasteiger partial charge on any atom is -0.318 e. The molecule has 1 saturated heterocycles. The van der Waals surface area contributed by atoms with E-state index in [-0.39, 0.29) is 5.75 Å². The largest absolute Gasteiger partial charge is 0.318 e. The van der Waals surface area contributed by atoms with Crippen molar-refractivity contribution in [3.63, 3.8) is 0 Å². The minimum atomic E-state index is -3.18. The van der Waals surface area contributed by atoms with Gasteiger partial charge >= 0.3 is 0 Å². The Bertz CT molecular complexity index is 508. The Morgan fingerprint density at radius 2 is 1.84 bits per heavy atom. The molecule has 1 N–H and O–H groups in total. The SMILES string of the molecule is CCCS(=O)(=O)c1ccccc1NN1CCCCC1. The molecule has 106 valence electrons. The second-order valence-corrected chi connectivity index (χ2v) is 7.05. The first-order valence-corrected chi connectivity index (χ1v) is 8.62. The van der Waals surface area contributed by atoms with Gasteiger partial charge in [-0.25, -0.2) is 13.4 Å². The molecule has 0 aliphatic carbocycles. The third kappa shape index (κ3) is 3.70. The number of sulfone groups is 1. The van der Waals surface area contributed by atoms with Gasteiger partial charge < -0.3 is 5.43 Å². The molecule has 0 radical (unpaired) electrons. The highest BCUT2D eigenvalue weighted by atomic mass is 32.2. The lowest BCUT2D eigenvalue weighted by Gasteiger charge is -2.28. The number of anilines is 1. The molecule has 19 heavy (non-hydrogen) atoms. The van der Waals surface area contributed by atoms with Gasteiger partial charge in [0.2, 0.25) is 0 Å². The van der Waals surface area contributed by atoms with Crippen molar-refractivity contribution in [3.8, 4) is 0 Å². The van der Waals surface area contributed by atoms with Crippen molar-refractivity contribution >= 4 is 15.5 Å². The summed E-state index contributed by atoms with van der Waals surface area (Å²) in [7, 11) is -3.18. The van der Waals surface area contributed by atoms with Crippen molar-refractivity contribution in [1.82, 2.24) is 5.01 Å². The first-order valence-electron chi connectivity index (χ1n) is 6.97. The van der Waals surface area contributed by atoms with E-state index in [4.69, 9.17) is 0 Å². The third-order valence-corrected chi connectivity index (χ3v) is 5.30. The van der Waals surface area contributed by atoms with Gasteiger partial charge in [-0.3, -0.25) is 0 Å². The van der Waals surface area contributed by atoms with E-state index < -0.39 is 9.84 Å². The van der Waals surface area contributed by atoms with E-state index in [0.29, 0.717) is 17.0 Å². The van der Waals surface area contributed by atoms with Crippen LogP contribution in [0.4, 0.5) is 5.69 Å². The van der Waals surface area contributed by atoms with Crippen LogP contribution in [0.3, 0.4) is 0 Å². The van der Waals surface area contributed by atoms with E-state index in [0.717, 1.165) is 25.9 Å². The van der Waals surface area contributed by atoms with Gasteiger partial charge in [-0.2, -0.15) is 0 Å². The maximum Gasteiger partial charge on any atom is 0.180 e. The molecular weight excluding hydrogens is 260 g/mol. The van der Waals surface area contributed by atoms with Crippen LogP contribution >= 0.6 is 0 Å². The van der Waals surface area contributed by atoms with E-state index in [1.807, 2.05) is 19.1 Å². The summed E-state index contributed by atoms with van der Waals surface area (Å²) in [5, 5.41) is 2.11. The standard InChI is InChI=1S/C14H22N2O2S/c1-2-12-19(17,18)14-9-5-4-8-13(14)15-16-10-6-3-7-11-16/h4-5,8-9,15H,2-3,6-7,10-12H2,1H3. The highest BCUT2D eigenvalue weighted by Crippen LogP contribution is 2.24. The van der Waals surface area contributed by atoms with Crippen LogP contribution in [0.1, 0.15) is 32.6 Å². The molecule has 0 amide bonds. The predicted molar refractivity (Wildman–Crippen MR) is 77.8 cm³/mol. The van der Waals surface area contributed by atoms with Crippen LogP contribution in [0.2, 0.25) is 0 Å². The highest BCUT2D eigenvalue weighted by molar-refractivity contribution is 7.91. The van der Waals surface area contributed by atoms with Crippen molar-refractivity contribution in [3.05, 3.63) is 24.3 Å². The molecule has 1 fully saturated rings. The molecule has 1 aliphatic rings. The Morgan fingerprint density at radius 3 is 2.53 bits per heavy atom. The summed E-state index contributed by atoms with van der Waals surface area (Å²) in [6.07, 6.45) is 4.22. The predicted octanol–water partition coefficient (Wildman–Crippen LogP) is 2.68. The zero-order chi connectivity index (χ0) is 13.7. The lowest BCUT2D eigenvalue weighted by atomic mass is 10.2. The Balaban J connectivity index is 2.20. The maximum absolute atomic E-state index is 12.2. The van der Waals surface area contributed by atoms with E-state index in [1.54, 1.807) is 12.1 Å². The van der Waals surface area contributed by atoms with Crippen LogP contribution in [-0.4, -0.2) is 32.3 Å². The molecule has 0 atom stereocenters. The lowest BCUT2D eigenvalue weighted by Crippen LogP contribution is -2.35. The van der Waals surface area contributed by atoms with Gasteiger partial charge in [-0.15, -0.1) is 0 Å². The zero-order valence-corrected chi connectivity index (χ0v) is 12.2. The topological polar surface area (TPSA) is 49.4 Å². The van der Waals surface area contributed by atoms with Gasteiger partial charge in [0.25, 0.3) is 0 Å². The molecular formula is C14H22N2O2S. The zero-order valence-electron chi connectivity index (χ0n) is 11.4. The van der Waals surface area contributed by atoms with Gasteiger partial charge in [-0.05, 0) is 31.4 Å². The number of nitrogens with one attached hydrogen (secondary N) is 1. The van der Waals surface area contributed by atoms with Crippen molar-refractivity contribution in [2.45, 2.75) is 37.5 Å². The maximum atomic E-state index is 12.2. The lowest BCUT2D eigenvalue weighted by molar-refractivity contribution is 0.272. The highest BCUT2D eigenvalue weighted by Gasteiger charge is 2.19. The monoisotopic (exact) mass is 282 g/mol. The minimum absolute atomic E-state index is 0.200. The fourth-order valence-electron chi connectivity index (χ4n) is 2.38. The van der Waals surface area contributed by atoms with Gasteiger partial charge in [0.05, 0.1) is 16.3 Å². The van der Waals surface area contributed by atoms with Crippen molar-refractivity contribution in [2.24, 2.45) is 0 Å². The summed E-state index contributed by atoms with van der Waals surface area (Å²) in [5.74, 6) is 0.200. The summed E-state index contributed by atoms with van der Waals surface area (Å²) < 4.78 is 24.5. The number of hydrogen-bond donors (Lipinski definition) is 1. The number of nitrogens with zero attached hydrogens (tertiary/aromatic N) is 1. The van der Waals surface area contributed by atoms with Gasteiger partial charge in [0, 0.05) is 13.1 Å². The molecule has 0 spiro atoms. The molecule has 1 aromatic carbocycles. The fraction of sp³-hybridized carbons (Fsp3) is 0.571. The summed E-state index contributed by atoms with van der Waals surface area (Å²) in [4.78, 5) is 0.419. The Kier molecular flexibility index (Phi) is 4.82. The number of hydrazine groups is 1. The Morgan fingerprint density at radius 1 is 1.16 bits per heavy atom. The summed E-state index contributed by atoms with van der Waals surface area (Å²) >= 11 is 0. The first kappa shape index (κ1) is 14.3. The van der Waals surface area contributed by atoms with Crippen LogP contribution in [0, 0.1) is 0 Å². The molecule has 0 unspecified atom stereocenters. The van der Waals surface area contributed by atoms with Gasteiger partial charge in [0.1, 0.15) is 0 Å². The fourth-order valence-corrected chi connectivity index (χ4v) is 3.88. The smallest absolute Gasteiger partial charge is 0.180 e. The summed E-state index contributed by atoms with van der Waals surface area (Å²) in [5.41, 5.74) is 3.97. The van der Waals surface area contributed by atoms with Gasteiger partial charge in [0.15, 0.2) is 9.84 Å². The van der Waals surface area contributed by atoms with Crippen LogP contribution in [0.25, 0.3) is 0 Å². The number of para-hydroxylation sites is 1. The van der Waals surface area contributed by atoms with E-state index in [9.17, 15) is 8.42 Å². The summed E-state index contributed by atoms with van der Waals surface area (Å²) in [6.45, 7) is 3.84. The third-order valence-electron chi connectivity index (χ3n) is 3.33. The van der Waals surface area contributed by atoms with E-state index >= 15 is 0 Å². The first-order chi connectivity index (χ1) is 9.13. The molecule has 5 heteroatoms. The number of benzene rings is 1. The molecule has 1 heterocycles. The van der Waals surface area contributed by atoms with Crippen LogP contribution in [0.5, 0.6) is 0 Å².